The lowest BCUT2D eigenvalue weighted by molar-refractivity contribution is -0.140. The molecule has 0 radical (unpaired) electrons. The van der Waals surface area contributed by atoms with Gasteiger partial charge in [-0.1, -0.05) is 50.6 Å². The van der Waals surface area contributed by atoms with Gasteiger partial charge < -0.3 is 10.4 Å². The molecular formula is C16H25NO2S. The molecule has 1 aromatic rings. The number of hydrogen-bond donors (Lipinski definition) is 2. The predicted octanol–water partition coefficient (Wildman–Crippen LogP) is 3.40. The monoisotopic (exact) mass is 295 g/mol. The van der Waals surface area contributed by atoms with Crippen LogP contribution in [0.2, 0.25) is 0 Å². The molecule has 0 heterocycles. The summed E-state index contributed by atoms with van der Waals surface area (Å²) in [6.07, 6.45) is 1.88. The van der Waals surface area contributed by atoms with Crippen molar-refractivity contribution >= 4 is 17.7 Å². The Morgan fingerprint density at radius 2 is 2.05 bits per heavy atom. The molecule has 2 N–H and O–H groups in total. The summed E-state index contributed by atoms with van der Waals surface area (Å²) in [6, 6.07) is 9.99. The quantitative estimate of drug-likeness (QED) is 0.650. The first kappa shape index (κ1) is 17.1. The van der Waals surface area contributed by atoms with E-state index in [1.807, 2.05) is 31.7 Å². The molecule has 1 rings (SSSR count). The summed E-state index contributed by atoms with van der Waals surface area (Å²) in [5.41, 5.74) is 1.34. The maximum atomic E-state index is 11.1. The van der Waals surface area contributed by atoms with Crippen LogP contribution < -0.4 is 5.32 Å². The molecule has 0 aliphatic rings. The summed E-state index contributed by atoms with van der Waals surface area (Å²) < 4.78 is 0. The molecule has 0 saturated heterocycles. The maximum absolute atomic E-state index is 11.1. The summed E-state index contributed by atoms with van der Waals surface area (Å²) >= 11 is 1.89. The van der Waals surface area contributed by atoms with Crippen LogP contribution in [0.15, 0.2) is 30.3 Å². The van der Waals surface area contributed by atoms with Gasteiger partial charge in [0.1, 0.15) is 6.04 Å². The first-order chi connectivity index (χ1) is 9.65. The average molecular weight is 295 g/mol. The van der Waals surface area contributed by atoms with Gasteiger partial charge in [-0.05, 0) is 30.2 Å². The van der Waals surface area contributed by atoms with Crippen LogP contribution in [0.5, 0.6) is 0 Å². The average Bonchev–Trinajstić information content (AvgIpc) is 2.46. The van der Waals surface area contributed by atoms with Crippen LogP contribution in [-0.2, 0) is 10.5 Å². The summed E-state index contributed by atoms with van der Waals surface area (Å²) in [5, 5.41) is 12.3. The number of carboxylic acids is 1. The maximum Gasteiger partial charge on any atom is 0.320 e. The second-order valence-corrected chi connectivity index (χ2v) is 6.15. The molecule has 20 heavy (non-hydrogen) atoms. The van der Waals surface area contributed by atoms with Crippen molar-refractivity contribution in [2.45, 2.75) is 38.5 Å². The van der Waals surface area contributed by atoms with Crippen molar-refractivity contribution < 1.29 is 9.90 Å². The molecule has 0 bridgehead atoms. The third-order valence-corrected chi connectivity index (χ3v) is 4.54. The Bertz CT molecular complexity index is 383. The molecule has 112 valence electrons. The van der Waals surface area contributed by atoms with Crippen molar-refractivity contribution in [2.24, 2.45) is 5.92 Å². The Kier molecular flexibility index (Phi) is 8.38. The third kappa shape index (κ3) is 6.44. The fourth-order valence-electron chi connectivity index (χ4n) is 1.96. The molecule has 1 aromatic carbocycles. The Morgan fingerprint density at radius 1 is 1.35 bits per heavy atom. The van der Waals surface area contributed by atoms with Crippen molar-refractivity contribution in [3.63, 3.8) is 0 Å². The highest BCUT2D eigenvalue weighted by Crippen LogP contribution is 2.13. The normalized spacial score (nSPS) is 13.9. The van der Waals surface area contributed by atoms with E-state index >= 15 is 0 Å². The molecular weight excluding hydrogens is 270 g/mol. The molecule has 0 saturated carbocycles. The predicted molar refractivity (Wildman–Crippen MR) is 86.1 cm³/mol. The lowest BCUT2D eigenvalue weighted by atomic mass is 9.99. The standard InChI is InChI=1S/C16H25NO2S/c1-3-13(2)15(16(18)19)17-10-7-11-20-12-14-8-5-4-6-9-14/h4-6,8-9,13,15,17H,3,7,10-12H2,1-2H3,(H,18,19)/t13-,15-/m0/s1. The minimum absolute atomic E-state index is 0.171. The Hall–Kier alpha value is -1.00. The van der Waals surface area contributed by atoms with Gasteiger partial charge in [0.15, 0.2) is 0 Å². The zero-order valence-corrected chi connectivity index (χ0v) is 13.2. The molecule has 0 amide bonds. The first-order valence-electron chi connectivity index (χ1n) is 7.23. The Labute approximate surface area is 126 Å². The van der Waals surface area contributed by atoms with Crippen LogP contribution in [0.3, 0.4) is 0 Å². The van der Waals surface area contributed by atoms with Gasteiger partial charge in [-0.2, -0.15) is 11.8 Å². The molecule has 0 aliphatic carbocycles. The van der Waals surface area contributed by atoms with Gasteiger partial charge in [-0.15, -0.1) is 0 Å². The topological polar surface area (TPSA) is 49.3 Å². The van der Waals surface area contributed by atoms with Crippen LogP contribution in [-0.4, -0.2) is 29.4 Å². The minimum atomic E-state index is -0.740. The van der Waals surface area contributed by atoms with Crippen molar-refractivity contribution in [1.29, 1.82) is 0 Å². The molecule has 0 spiro atoms. The summed E-state index contributed by atoms with van der Waals surface area (Å²) in [6.45, 7) is 4.77. The molecule has 0 aliphatic heterocycles. The number of benzene rings is 1. The summed E-state index contributed by atoms with van der Waals surface area (Å²) in [7, 11) is 0. The molecule has 0 fully saturated rings. The van der Waals surface area contributed by atoms with Crippen molar-refractivity contribution in [1.82, 2.24) is 5.32 Å². The number of carbonyl (C=O) groups is 1. The second-order valence-electron chi connectivity index (χ2n) is 5.05. The van der Waals surface area contributed by atoms with Gasteiger partial charge in [-0.3, -0.25) is 4.79 Å². The van der Waals surface area contributed by atoms with Gasteiger partial charge in [-0.25, -0.2) is 0 Å². The third-order valence-electron chi connectivity index (χ3n) is 3.42. The number of nitrogens with one attached hydrogen (secondary N) is 1. The summed E-state index contributed by atoms with van der Waals surface area (Å²) in [4.78, 5) is 11.1. The zero-order valence-electron chi connectivity index (χ0n) is 12.3. The van der Waals surface area contributed by atoms with E-state index in [-0.39, 0.29) is 5.92 Å². The van der Waals surface area contributed by atoms with Gasteiger partial charge in [0, 0.05) is 5.75 Å². The highest BCUT2D eigenvalue weighted by Gasteiger charge is 2.21. The molecule has 0 unspecified atom stereocenters. The van der Waals surface area contributed by atoms with Crippen LogP contribution in [0.25, 0.3) is 0 Å². The van der Waals surface area contributed by atoms with Gasteiger partial charge in [0.25, 0.3) is 0 Å². The Morgan fingerprint density at radius 3 is 2.65 bits per heavy atom. The number of carboxylic acid groups (broad SMARTS) is 1. The van der Waals surface area contributed by atoms with Crippen LogP contribution in [0.4, 0.5) is 0 Å². The van der Waals surface area contributed by atoms with E-state index in [1.165, 1.54) is 5.56 Å². The zero-order chi connectivity index (χ0) is 14.8. The molecule has 3 nitrogen and oxygen atoms in total. The highest BCUT2D eigenvalue weighted by atomic mass is 32.2. The van der Waals surface area contributed by atoms with E-state index in [9.17, 15) is 4.79 Å². The van der Waals surface area contributed by atoms with E-state index < -0.39 is 12.0 Å². The van der Waals surface area contributed by atoms with E-state index in [4.69, 9.17) is 5.11 Å². The van der Waals surface area contributed by atoms with E-state index in [0.717, 1.165) is 30.9 Å². The van der Waals surface area contributed by atoms with Crippen LogP contribution in [0.1, 0.15) is 32.3 Å². The van der Waals surface area contributed by atoms with Crippen molar-refractivity contribution in [2.75, 3.05) is 12.3 Å². The van der Waals surface area contributed by atoms with Crippen LogP contribution >= 0.6 is 11.8 Å². The van der Waals surface area contributed by atoms with E-state index in [2.05, 4.69) is 29.6 Å². The van der Waals surface area contributed by atoms with E-state index in [1.54, 1.807) is 0 Å². The SMILES string of the molecule is CC[C@H](C)[C@H](NCCCSCc1ccccc1)C(=O)O. The smallest absolute Gasteiger partial charge is 0.320 e. The summed E-state index contributed by atoms with van der Waals surface area (Å²) in [5.74, 6) is 1.50. The molecule has 4 heteroatoms. The number of thioether (sulfide) groups is 1. The van der Waals surface area contributed by atoms with Gasteiger partial charge in [0.05, 0.1) is 0 Å². The lowest BCUT2D eigenvalue weighted by Crippen LogP contribution is -2.42. The number of hydrogen-bond acceptors (Lipinski definition) is 3. The highest BCUT2D eigenvalue weighted by molar-refractivity contribution is 7.98. The minimum Gasteiger partial charge on any atom is -0.480 e. The van der Waals surface area contributed by atoms with Gasteiger partial charge >= 0.3 is 5.97 Å². The number of aliphatic carboxylic acids is 1. The number of rotatable bonds is 10. The fourth-order valence-corrected chi connectivity index (χ4v) is 2.88. The van der Waals surface area contributed by atoms with Crippen LogP contribution in [0, 0.1) is 5.92 Å². The van der Waals surface area contributed by atoms with E-state index in [0.29, 0.717) is 0 Å². The molecule has 0 aromatic heterocycles. The van der Waals surface area contributed by atoms with Gasteiger partial charge in [0.2, 0.25) is 0 Å². The lowest BCUT2D eigenvalue weighted by Gasteiger charge is -2.20. The Balaban J connectivity index is 2.13. The molecule has 2 atom stereocenters. The van der Waals surface area contributed by atoms with Crippen molar-refractivity contribution in [3.8, 4) is 0 Å². The second kappa shape index (κ2) is 9.83. The fraction of sp³-hybridized carbons (Fsp3) is 0.562. The first-order valence-corrected chi connectivity index (χ1v) is 8.38. The van der Waals surface area contributed by atoms with Crippen molar-refractivity contribution in [3.05, 3.63) is 35.9 Å². The largest absolute Gasteiger partial charge is 0.480 e.